The first-order chi connectivity index (χ1) is 8.13. The van der Waals surface area contributed by atoms with Crippen molar-refractivity contribution in [3.63, 3.8) is 0 Å². The molecule has 0 bridgehead atoms. The van der Waals surface area contributed by atoms with Gasteiger partial charge < -0.3 is 0 Å². The number of aromatic amines is 1. The topological polar surface area (TPSA) is 63.6 Å². The van der Waals surface area contributed by atoms with Crippen molar-refractivity contribution < 1.29 is 0 Å². The summed E-state index contributed by atoms with van der Waals surface area (Å²) in [5, 5.41) is 10.9. The molecule has 0 aliphatic heterocycles. The summed E-state index contributed by atoms with van der Waals surface area (Å²) in [4.78, 5) is 11.4. The van der Waals surface area contributed by atoms with E-state index in [1.54, 1.807) is 13.1 Å². The van der Waals surface area contributed by atoms with Crippen molar-refractivity contribution in [2.24, 2.45) is 0 Å². The molecule has 0 fully saturated rings. The van der Waals surface area contributed by atoms with Crippen LogP contribution in [0.1, 0.15) is 24.5 Å². The van der Waals surface area contributed by atoms with Crippen LogP contribution in [0.25, 0.3) is 11.3 Å². The summed E-state index contributed by atoms with van der Waals surface area (Å²) >= 11 is 0. The highest BCUT2D eigenvalue weighted by atomic mass is 16.1. The molecule has 17 heavy (non-hydrogen) atoms. The second-order valence-corrected chi connectivity index (χ2v) is 4.14. The Bertz CT molecular complexity index is 582. The summed E-state index contributed by atoms with van der Waals surface area (Å²) in [6.07, 6.45) is 4.78. The first-order valence-electron chi connectivity index (χ1n) is 5.72. The van der Waals surface area contributed by atoms with Crippen LogP contribution < -0.4 is 5.56 Å². The van der Waals surface area contributed by atoms with E-state index in [4.69, 9.17) is 0 Å². The van der Waals surface area contributed by atoms with Gasteiger partial charge in [-0.3, -0.25) is 9.48 Å². The Morgan fingerprint density at radius 3 is 2.82 bits per heavy atom. The van der Waals surface area contributed by atoms with Crippen molar-refractivity contribution in [3.8, 4) is 11.3 Å². The molecule has 0 aromatic carbocycles. The first-order valence-corrected chi connectivity index (χ1v) is 5.72. The van der Waals surface area contributed by atoms with Crippen molar-refractivity contribution in [1.82, 2.24) is 20.0 Å². The zero-order valence-corrected chi connectivity index (χ0v) is 10.3. The quantitative estimate of drug-likeness (QED) is 0.875. The molecule has 0 aliphatic carbocycles. The molecular formula is C12H16N4O. The van der Waals surface area contributed by atoms with Gasteiger partial charge in [0.25, 0.3) is 5.56 Å². The van der Waals surface area contributed by atoms with Gasteiger partial charge in [0.05, 0.1) is 11.9 Å². The lowest BCUT2D eigenvalue weighted by Crippen LogP contribution is -2.14. The van der Waals surface area contributed by atoms with Crippen LogP contribution in [0, 0.1) is 13.8 Å². The third-order valence-corrected chi connectivity index (χ3v) is 2.89. The molecule has 0 radical (unpaired) electrons. The van der Waals surface area contributed by atoms with E-state index >= 15 is 0 Å². The standard InChI is InChI=1S/C12H16N4O/c1-4-5-16-7-10(6-13-16)11-8(2)9(3)12(17)15-14-11/h6-7H,4-5H2,1-3H3,(H,15,17). The molecule has 90 valence electrons. The van der Waals surface area contributed by atoms with Crippen LogP contribution in [0.5, 0.6) is 0 Å². The molecule has 2 aromatic rings. The molecule has 1 N–H and O–H groups in total. The Hall–Kier alpha value is -1.91. The van der Waals surface area contributed by atoms with E-state index < -0.39 is 0 Å². The zero-order valence-electron chi connectivity index (χ0n) is 10.3. The van der Waals surface area contributed by atoms with Crippen LogP contribution in [0.3, 0.4) is 0 Å². The number of H-pyrrole nitrogens is 1. The zero-order chi connectivity index (χ0) is 12.4. The molecule has 2 aromatic heterocycles. The Morgan fingerprint density at radius 1 is 1.35 bits per heavy atom. The second kappa shape index (κ2) is 4.53. The first kappa shape index (κ1) is 11.6. The van der Waals surface area contributed by atoms with Crippen molar-refractivity contribution in [3.05, 3.63) is 33.9 Å². The summed E-state index contributed by atoms with van der Waals surface area (Å²) in [6, 6.07) is 0. The number of nitrogens with zero attached hydrogens (tertiary/aromatic N) is 3. The Kier molecular flexibility index (Phi) is 3.08. The van der Waals surface area contributed by atoms with E-state index in [-0.39, 0.29) is 5.56 Å². The fraction of sp³-hybridized carbons (Fsp3) is 0.417. The van der Waals surface area contributed by atoms with Crippen LogP contribution in [0.2, 0.25) is 0 Å². The minimum Gasteiger partial charge on any atom is -0.272 e. The monoisotopic (exact) mass is 232 g/mol. The molecule has 5 heteroatoms. The summed E-state index contributed by atoms with van der Waals surface area (Å²) < 4.78 is 1.89. The Balaban J connectivity index is 2.46. The summed E-state index contributed by atoms with van der Waals surface area (Å²) in [5.74, 6) is 0. The molecule has 2 heterocycles. The van der Waals surface area contributed by atoms with Gasteiger partial charge in [-0.2, -0.15) is 10.2 Å². The second-order valence-electron chi connectivity index (χ2n) is 4.14. The van der Waals surface area contributed by atoms with Gasteiger partial charge in [-0.25, -0.2) is 5.10 Å². The number of rotatable bonds is 3. The maximum atomic E-state index is 11.4. The van der Waals surface area contributed by atoms with Crippen LogP contribution in [0.15, 0.2) is 17.2 Å². The number of aromatic nitrogens is 4. The molecule has 2 rings (SSSR count). The lowest BCUT2D eigenvalue weighted by molar-refractivity contribution is 0.603. The van der Waals surface area contributed by atoms with E-state index in [1.165, 1.54) is 0 Å². The highest BCUT2D eigenvalue weighted by molar-refractivity contribution is 5.61. The highest BCUT2D eigenvalue weighted by Crippen LogP contribution is 2.20. The number of nitrogens with one attached hydrogen (secondary N) is 1. The van der Waals surface area contributed by atoms with Gasteiger partial charge in [-0.05, 0) is 25.8 Å². The SMILES string of the molecule is CCCn1cc(-c2n[nH]c(=O)c(C)c2C)cn1. The van der Waals surface area contributed by atoms with Gasteiger partial charge in [0.15, 0.2) is 0 Å². The highest BCUT2D eigenvalue weighted by Gasteiger charge is 2.10. The smallest absolute Gasteiger partial charge is 0.267 e. The number of aryl methyl sites for hydroxylation is 1. The lowest BCUT2D eigenvalue weighted by atomic mass is 10.1. The predicted octanol–water partition coefficient (Wildman–Crippen LogP) is 1.66. The molecule has 0 amide bonds. The molecular weight excluding hydrogens is 216 g/mol. The molecule has 5 nitrogen and oxygen atoms in total. The fourth-order valence-corrected chi connectivity index (χ4v) is 1.74. The van der Waals surface area contributed by atoms with Gasteiger partial charge in [-0.1, -0.05) is 6.92 Å². The number of hydrogen-bond donors (Lipinski definition) is 1. The van der Waals surface area contributed by atoms with Crippen LogP contribution in [0.4, 0.5) is 0 Å². The molecule has 0 atom stereocenters. The lowest BCUT2D eigenvalue weighted by Gasteiger charge is -2.03. The largest absolute Gasteiger partial charge is 0.272 e. The van der Waals surface area contributed by atoms with E-state index in [0.29, 0.717) is 5.56 Å². The van der Waals surface area contributed by atoms with Crippen LogP contribution in [-0.2, 0) is 6.54 Å². The van der Waals surface area contributed by atoms with Gasteiger partial charge >= 0.3 is 0 Å². The van der Waals surface area contributed by atoms with Gasteiger partial charge in [-0.15, -0.1) is 0 Å². The van der Waals surface area contributed by atoms with Gasteiger partial charge in [0, 0.05) is 23.9 Å². The van der Waals surface area contributed by atoms with Crippen molar-refractivity contribution in [2.75, 3.05) is 0 Å². The fourth-order valence-electron chi connectivity index (χ4n) is 1.74. The summed E-state index contributed by atoms with van der Waals surface area (Å²) in [5.41, 5.74) is 3.22. The average molecular weight is 232 g/mol. The molecule has 0 unspecified atom stereocenters. The summed E-state index contributed by atoms with van der Waals surface area (Å²) in [7, 11) is 0. The maximum absolute atomic E-state index is 11.4. The van der Waals surface area contributed by atoms with Gasteiger partial charge in [0.1, 0.15) is 0 Å². The van der Waals surface area contributed by atoms with E-state index in [0.717, 1.165) is 29.8 Å². The minimum atomic E-state index is -0.132. The molecule has 0 aliphatic rings. The van der Waals surface area contributed by atoms with Crippen LogP contribution >= 0.6 is 0 Å². The van der Waals surface area contributed by atoms with Crippen LogP contribution in [-0.4, -0.2) is 20.0 Å². The maximum Gasteiger partial charge on any atom is 0.267 e. The third kappa shape index (κ3) is 2.13. The summed E-state index contributed by atoms with van der Waals surface area (Å²) in [6.45, 7) is 6.70. The molecule has 0 spiro atoms. The normalized spacial score (nSPS) is 10.8. The minimum absolute atomic E-state index is 0.132. The molecule has 0 saturated carbocycles. The van der Waals surface area contributed by atoms with Gasteiger partial charge in [0.2, 0.25) is 0 Å². The Labute approximate surface area is 99.5 Å². The predicted molar refractivity (Wildman–Crippen MR) is 65.8 cm³/mol. The Morgan fingerprint density at radius 2 is 2.12 bits per heavy atom. The van der Waals surface area contributed by atoms with Crippen molar-refractivity contribution >= 4 is 0 Å². The number of hydrogen-bond acceptors (Lipinski definition) is 3. The average Bonchev–Trinajstić information content (AvgIpc) is 2.75. The third-order valence-electron chi connectivity index (χ3n) is 2.89. The van der Waals surface area contributed by atoms with Crippen molar-refractivity contribution in [1.29, 1.82) is 0 Å². The van der Waals surface area contributed by atoms with E-state index in [9.17, 15) is 4.79 Å². The van der Waals surface area contributed by atoms with E-state index in [2.05, 4.69) is 22.2 Å². The van der Waals surface area contributed by atoms with E-state index in [1.807, 2.05) is 17.8 Å². The van der Waals surface area contributed by atoms with Crippen molar-refractivity contribution in [2.45, 2.75) is 33.7 Å². The molecule has 0 saturated heterocycles.